The number of fused-ring (bicyclic) bond motifs is 2. The molecule has 0 amide bonds. The van der Waals surface area contributed by atoms with Crippen LogP contribution in [0.4, 0.5) is 0 Å². The summed E-state index contributed by atoms with van der Waals surface area (Å²) in [5.41, 5.74) is 0. The van der Waals surface area contributed by atoms with Gasteiger partial charge in [0, 0.05) is 12.1 Å². The van der Waals surface area contributed by atoms with E-state index < -0.39 is 0 Å². The summed E-state index contributed by atoms with van der Waals surface area (Å²) in [5, 5.41) is 3.86. The topological polar surface area (TPSA) is 21.3 Å². The third kappa shape index (κ3) is 2.60. The third-order valence-corrected chi connectivity index (χ3v) is 4.40. The van der Waals surface area contributed by atoms with E-state index in [0.29, 0.717) is 24.3 Å². The first-order chi connectivity index (χ1) is 7.74. The summed E-state index contributed by atoms with van der Waals surface area (Å²) < 4.78 is 5.91. The number of ether oxygens (including phenoxy) is 1. The van der Waals surface area contributed by atoms with Crippen LogP contribution in [0.5, 0.6) is 0 Å². The minimum Gasteiger partial charge on any atom is -0.373 e. The van der Waals surface area contributed by atoms with Crippen LogP contribution < -0.4 is 5.32 Å². The molecule has 2 heterocycles. The van der Waals surface area contributed by atoms with Crippen molar-refractivity contribution in [3.05, 3.63) is 0 Å². The van der Waals surface area contributed by atoms with Crippen LogP contribution in [0, 0.1) is 5.92 Å². The number of rotatable bonds is 6. The molecule has 94 valence electrons. The summed E-state index contributed by atoms with van der Waals surface area (Å²) >= 11 is 0. The fourth-order valence-electron chi connectivity index (χ4n) is 3.43. The van der Waals surface area contributed by atoms with Crippen molar-refractivity contribution in [3.8, 4) is 0 Å². The molecule has 2 aliphatic heterocycles. The fraction of sp³-hybridized carbons (Fsp3) is 1.00. The molecule has 0 aromatic carbocycles. The van der Waals surface area contributed by atoms with E-state index >= 15 is 0 Å². The normalized spacial score (nSPS) is 36.6. The van der Waals surface area contributed by atoms with Crippen LogP contribution in [-0.2, 0) is 4.74 Å². The highest BCUT2D eigenvalue weighted by Gasteiger charge is 2.41. The van der Waals surface area contributed by atoms with E-state index in [9.17, 15) is 0 Å². The number of nitrogens with one attached hydrogen (secondary N) is 1. The van der Waals surface area contributed by atoms with Crippen molar-refractivity contribution in [2.75, 3.05) is 0 Å². The molecule has 0 aromatic heterocycles. The fourth-order valence-corrected chi connectivity index (χ4v) is 3.43. The lowest BCUT2D eigenvalue weighted by molar-refractivity contribution is 0.0945. The Bertz CT molecular complexity index is 219. The zero-order valence-electron chi connectivity index (χ0n) is 11.0. The highest BCUT2D eigenvalue weighted by molar-refractivity contribution is 4.95. The van der Waals surface area contributed by atoms with E-state index in [1.165, 1.54) is 38.5 Å². The van der Waals surface area contributed by atoms with Gasteiger partial charge in [0.15, 0.2) is 0 Å². The van der Waals surface area contributed by atoms with Gasteiger partial charge in [-0.2, -0.15) is 0 Å². The summed E-state index contributed by atoms with van der Waals surface area (Å²) in [6.45, 7) is 6.97. The lowest BCUT2D eigenvalue weighted by atomic mass is 9.90. The van der Waals surface area contributed by atoms with Gasteiger partial charge in [0.05, 0.1) is 12.2 Å². The highest BCUT2D eigenvalue weighted by atomic mass is 16.5. The molecular formula is C14H27NO. The molecule has 0 saturated carbocycles. The smallest absolute Gasteiger partial charge is 0.0733 e. The quantitative estimate of drug-likeness (QED) is 0.750. The van der Waals surface area contributed by atoms with E-state index in [1.807, 2.05) is 0 Å². The van der Waals surface area contributed by atoms with Gasteiger partial charge < -0.3 is 10.1 Å². The summed E-state index contributed by atoms with van der Waals surface area (Å²) in [6, 6.07) is 1.33. The van der Waals surface area contributed by atoms with Crippen molar-refractivity contribution in [2.45, 2.75) is 83.6 Å². The Hall–Kier alpha value is -0.0800. The van der Waals surface area contributed by atoms with Crippen molar-refractivity contribution in [1.29, 1.82) is 0 Å². The van der Waals surface area contributed by atoms with E-state index in [0.717, 1.165) is 5.92 Å². The number of hydrogen-bond acceptors (Lipinski definition) is 2. The second kappa shape index (κ2) is 5.50. The SMILES string of the molecule is CCCC(C)C(CC)NC1CC2CCC1O2. The first-order valence-electron chi connectivity index (χ1n) is 7.16. The van der Waals surface area contributed by atoms with Crippen molar-refractivity contribution in [3.63, 3.8) is 0 Å². The molecule has 5 unspecified atom stereocenters. The van der Waals surface area contributed by atoms with Gasteiger partial charge in [-0.15, -0.1) is 0 Å². The predicted octanol–water partition coefficient (Wildman–Crippen LogP) is 3.11. The molecule has 5 atom stereocenters. The van der Waals surface area contributed by atoms with Gasteiger partial charge in [-0.05, 0) is 38.0 Å². The molecular weight excluding hydrogens is 198 g/mol. The maximum absolute atomic E-state index is 5.91. The second-order valence-electron chi connectivity index (χ2n) is 5.66. The van der Waals surface area contributed by atoms with E-state index in [1.54, 1.807) is 0 Å². The Morgan fingerprint density at radius 1 is 1.31 bits per heavy atom. The molecule has 2 rings (SSSR count). The van der Waals surface area contributed by atoms with Crippen molar-refractivity contribution < 1.29 is 4.74 Å². The Morgan fingerprint density at radius 3 is 2.62 bits per heavy atom. The van der Waals surface area contributed by atoms with E-state index in [-0.39, 0.29) is 0 Å². The van der Waals surface area contributed by atoms with Gasteiger partial charge in [0.2, 0.25) is 0 Å². The van der Waals surface area contributed by atoms with Gasteiger partial charge in [-0.3, -0.25) is 0 Å². The monoisotopic (exact) mass is 225 g/mol. The Kier molecular flexibility index (Phi) is 4.26. The minimum atomic E-state index is 0.521. The van der Waals surface area contributed by atoms with E-state index in [2.05, 4.69) is 26.1 Å². The van der Waals surface area contributed by atoms with Gasteiger partial charge in [0.25, 0.3) is 0 Å². The largest absolute Gasteiger partial charge is 0.373 e. The molecule has 2 heteroatoms. The van der Waals surface area contributed by atoms with Crippen LogP contribution in [0.2, 0.25) is 0 Å². The molecule has 0 radical (unpaired) electrons. The van der Waals surface area contributed by atoms with Gasteiger partial charge in [-0.1, -0.05) is 27.2 Å². The second-order valence-corrected chi connectivity index (χ2v) is 5.66. The molecule has 2 bridgehead atoms. The molecule has 0 aliphatic carbocycles. The molecule has 0 spiro atoms. The van der Waals surface area contributed by atoms with Crippen molar-refractivity contribution >= 4 is 0 Å². The van der Waals surface area contributed by atoms with Gasteiger partial charge in [-0.25, -0.2) is 0 Å². The molecule has 2 saturated heterocycles. The Morgan fingerprint density at radius 2 is 2.12 bits per heavy atom. The summed E-state index contributed by atoms with van der Waals surface area (Å²) in [6.07, 6.45) is 8.80. The van der Waals surface area contributed by atoms with Crippen LogP contribution >= 0.6 is 0 Å². The summed E-state index contributed by atoms with van der Waals surface area (Å²) in [5.74, 6) is 0.800. The molecule has 1 N–H and O–H groups in total. The van der Waals surface area contributed by atoms with Crippen LogP contribution in [0.3, 0.4) is 0 Å². The molecule has 0 aromatic rings. The average molecular weight is 225 g/mol. The van der Waals surface area contributed by atoms with Gasteiger partial charge >= 0.3 is 0 Å². The molecule has 2 aliphatic rings. The zero-order valence-corrected chi connectivity index (χ0v) is 11.0. The first-order valence-corrected chi connectivity index (χ1v) is 7.16. The summed E-state index contributed by atoms with van der Waals surface area (Å²) in [4.78, 5) is 0. The molecule has 2 nitrogen and oxygen atoms in total. The van der Waals surface area contributed by atoms with Crippen molar-refractivity contribution in [1.82, 2.24) is 5.32 Å². The van der Waals surface area contributed by atoms with Crippen LogP contribution in [0.1, 0.15) is 59.3 Å². The lowest BCUT2D eigenvalue weighted by Gasteiger charge is -2.30. The first kappa shape index (κ1) is 12.4. The number of hydrogen-bond donors (Lipinski definition) is 1. The maximum Gasteiger partial charge on any atom is 0.0733 e. The Balaban J connectivity index is 1.82. The zero-order chi connectivity index (χ0) is 11.5. The highest BCUT2D eigenvalue weighted by Crippen LogP contribution is 2.35. The van der Waals surface area contributed by atoms with Gasteiger partial charge in [0.1, 0.15) is 0 Å². The van der Waals surface area contributed by atoms with Crippen molar-refractivity contribution in [2.24, 2.45) is 5.92 Å². The third-order valence-electron chi connectivity index (χ3n) is 4.40. The Labute approximate surface area is 100 Å². The standard InChI is InChI=1S/C14H27NO/c1-4-6-10(3)12(5-2)15-13-9-11-7-8-14(13)16-11/h10-15H,4-9H2,1-3H3. The average Bonchev–Trinajstić information content (AvgIpc) is 2.87. The lowest BCUT2D eigenvalue weighted by Crippen LogP contribution is -2.46. The predicted molar refractivity (Wildman–Crippen MR) is 67.6 cm³/mol. The molecule has 2 fully saturated rings. The van der Waals surface area contributed by atoms with Crippen LogP contribution in [-0.4, -0.2) is 24.3 Å². The minimum absolute atomic E-state index is 0.521. The summed E-state index contributed by atoms with van der Waals surface area (Å²) in [7, 11) is 0. The van der Waals surface area contributed by atoms with E-state index in [4.69, 9.17) is 4.74 Å². The van der Waals surface area contributed by atoms with Crippen LogP contribution in [0.25, 0.3) is 0 Å². The molecule has 16 heavy (non-hydrogen) atoms. The van der Waals surface area contributed by atoms with Crippen LogP contribution in [0.15, 0.2) is 0 Å². The maximum atomic E-state index is 5.91.